The SMILES string of the molecule is O=C(Nc1ccc(-c2cnc(C3CCC(C(=O)O)CC3)s2)cc1)Nc1c(F)cccc1F. The Morgan fingerprint density at radius 1 is 0.969 bits per heavy atom. The van der Waals surface area contributed by atoms with Crippen LogP contribution in [0.2, 0.25) is 0 Å². The van der Waals surface area contributed by atoms with Gasteiger partial charge in [-0.05, 0) is 55.5 Å². The van der Waals surface area contributed by atoms with Crippen molar-refractivity contribution in [1.82, 2.24) is 4.98 Å². The van der Waals surface area contributed by atoms with Gasteiger partial charge < -0.3 is 15.7 Å². The Morgan fingerprint density at radius 3 is 2.25 bits per heavy atom. The molecule has 0 spiro atoms. The number of urea groups is 1. The van der Waals surface area contributed by atoms with Gasteiger partial charge in [-0.2, -0.15) is 0 Å². The second kappa shape index (κ2) is 9.44. The number of carboxylic acid groups (broad SMARTS) is 1. The van der Waals surface area contributed by atoms with Crippen LogP contribution in [-0.2, 0) is 4.79 Å². The maximum Gasteiger partial charge on any atom is 0.323 e. The largest absolute Gasteiger partial charge is 0.481 e. The first-order valence-corrected chi connectivity index (χ1v) is 11.0. The number of halogens is 2. The summed E-state index contributed by atoms with van der Waals surface area (Å²) in [4.78, 5) is 28.7. The zero-order chi connectivity index (χ0) is 22.7. The highest BCUT2D eigenvalue weighted by atomic mass is 32.1. The summed E-state index contributed by atoms with van der Waals surface area (Å²) in [5, 5.41) is 14.9. The molecule has 3 aromatic rings. The van der Waals surface area contributed by atoms with E-state index in [0.29, 0.717) is 18.5 Å². The van der Waals surface area contributed by atoms with Gasteiger partial charge >= 0.3 is 12.0 Å². The molecule has 2 amide bonds. The van der Waals surface area contributed by atoms with Crippen LogP contribution < -0.4 is 10.6 Å². The molecule has 3 N–H and O–H groups in total. The number of nitrogens with zero attached hydrogens (tertiary/aromatic N) is 1. The summed E-state index contributed by atoms with van der Waals surface area (Å²) in [6, 6.07) is 9.66. The van der Waals surface area contributed by atoms with Gasteiger partial charge in [0, 0.05) is 17.8 Å². The monoisotopic (exact) mass is 457 g/mol. The highest BCUT2D eigenvalue weighted by Gasteiger charge is 2.28. The molecule has 1 aliphatic rings. The zero-order valence-corrected chi connectivity index (χ0v) is 17.8. The van der Waals surface area contributed by atoms with Gasteiger partial charge in [0.15, 0.2) is 0 Å². The molecule has 0 radical (unpaired) electrons. The summed E-state index contributed by atoms with van der Waals surface area (Å²) in [6.45, 7) is 0. The lowest BCUT2D eigenvalue weighted by Gasteiger charge is -2.24. The lowest BCUT2D eigenvalue weighted by atomic mass is 9.82. The van der Waals surface area contributed by atoms with Crippen LogP contribution in [0, 0.1) is 17.6 Å². The molecule has 166 valence electrons. The number of nitrogens with one attached hydrogen (secondary N) is 2. The van der Waals surface area contributed by atoms with E-state index in [1.807, 2.05) is 12.1 Å². The highest BCUT2D eigenvalue weighted by molar-refractivity contribution is 7.15. The molecular formula is C23H21F2N3O3S. The number of hydrogen-bond donors (Lipinski definition) is 3. The number of hydrogen-bond acceptors (Lipinski definition) is 4. The minimum Gasteiger partial charge on any atom is -0.481 e. The average Bonchev–Trinajstić information content (AvgIpc) is 3.27. The predicted molar refractivity (Wildman–Crippen MR) is 119 cm³/mol. The van der Waals surface area contributed by atoms with E-state index in [2.05, 4.69) is 15.6 Å². The van der Waals surface area contributed by atoms with E-state index in [-0.39, 0.29) is 11.8 Å². The first-order chi connectivity index (χ1) is 15.4. The molecule has 1 fully saturated rings. The minimum atomic E-state index is -0.854. The molecule has 4 rings (SSSR count). The Labute approximate surface area is 187 Å². The van der Waals surface area contributed by atoms with Crippen LogP contribution in [0.25, 0.3) is 10.4 Å². The number of carboxylic acids is 1. The Morgan fingerprint density at radius 2 is 1.62 bits per heavy atom. The fraction of sp³-hybridized carbons (Fsp3) is 0.261. The van der Waals surface area contributed by atoms with Crippen LogP contribution in [0.5, 0.6) is 0 Å². The van der Waals surface area contributed by atoms with Gasteiger partial charge in [-0.25, -0.2) is 18.6 Å². The third kappa shape index (κ3) is 4.94. The lowest BCUT2D eigenvalue weighted by Crippen LogP contribution is -2.20. The minimum absolute atomic E-state index is 0.252. The lowest BCUT2D eigenvalue weighted by molar-refractivity contribution is -0.142. The van der Waals surface area contributed by atoms with Crippen molar-refractivity contribution in [3.05, 3.63) is 65.3 Å². The van der Waals surface area contributed by atoms with Crippen molar-refractivity contribution in [3.63, 3.8) is 0 Å². The summed E-state index contributed by atoms with van der Waals surface area (Å²) < 4.78 is 27.3. The molecular weight excluding hydrogens is 436 g/mol. The molecule has 2 aromatic carbocycles. The van der Waals surface area contributed by atoms with Crippen LogP contribution in [-0.4, -0.2) is 22.1 Å². The third-order valence-electron chi connectivity index (χ3n) is 5.58. The standard InChI is InChI=1S/C23H21F2N3O3S/c24-17-2-1-3-18(25)20(17)28-23(31)27-16-10-8-13(9-11-16)19-12-26-21(32-19)14-4-6-15(7-5-14)22(29)30/h1-3,8-12,14-15H,4-7H2,(H,29,30)(H2,27,28,31). The quantitative estimate of drug-likeness (QED) is 0.432. The van der Waals surface area contributed by atoms with Crippen molar-refractivity contribution < 1.29 is 23.5 Å². The normalized spacial score (nSPS) is 18.2. The van der Waals surface area contributed by atoms with Crippen LogP contribution in [0.4, 0.5) is 25.0 Å². The molecule has 0 bridgehead atoms. The van der Waals surface area contributed by atoms with Gasteiger partial charge in [0.05, 0.1) is 15.8 Å². The number of amides is 2. The molecule has 1 aliphatic carbocycles. The van der Waals surface area contributed by atoms with Crippen LogP contribution in [0.3, 0.4) is 0 Å². The van der Waals surface area contributed by atoms with Crippen molar-refractivity contribution in [1.29, 1.82) is 0 Å². The highest BCUT2D eigenvalue weighted by Crippen LogP contribution is 2.39. The average molecular weight is 458 g/mol. The number of para-hydroxylation sites is 1. The fourth-order valence-corrected chi connectivity index (χ4v) is 4.90. The van der Waals surface area contributed by atoms with Crippen molar-refractivity contribution in [3.8, 4) is 10.4 Å². The van der Waals surface area contributed by atoms with E-state index in [4.69, 9.17) is 5.11 Å². The van der Waals surface area contributed by atoms with Gasteiger partial charge in [-0.1, -0.05) is 18.2 Å². The van der Waals surface area contributed by atoms with E-state index < -0.39 is 29.3 Å². The smallest absolute Gasteiger partial charge is 0.323 e. The number of rotatable bonds is 5. The molecule has 0 aliphatic heterocycles. The Kier molecular flexibility index (Phi) is 6.45. The van der Waals surface area contributed by atoms with E-state index in [0.717, 1.165) is 40.4 Å². The second-order valence-corrected chi connectivity index (χ2v) is 8.76. The van der Waals surface area contributed by atoms with Crippen molar-refractivity contribution in [2.24, 2.45) is 5.92 Å². The fourth-order valence-electron chi connectivity index (χ4n) is 3.81. The Bertz CT molecular complexity index is 1110. The third-order valence-corrected chi connectivity index (χ3v) is 6.79. The molecule has 32 heavy (non-hydrogen) atoms. The molecule has 9 heteroatoms. The summed E-state index contributed by atoms with van der Waals surface area (Å²) in [5.41, 5.74) is 0.898. The molecule has 1 saturated carbocycles. The molecule has 0 saturated heterocycles. The van der Waals surface area contributed by atoms with E-state index >= 15 is 0 Å². The maximum absolute atomic E-state index is 13.7. The number of carbonyl (C=O) groups excluding carboxylic acids is 1. The molecule has 0 atom stereocenters. The molecule has 0 unspecified atom stereocenters. The number of carbonyl (C=O) groups is 2. The van der Waals surface area contributed by atoms with Gasteiger partial charge in [0.2, 0.25) is 0 Å². The van der Waals surface area contributed by atoms with Crippen molar-refractivity contribution >= 4 is 34.7 Å². The van der Waals surface area contributed by atoms with E-state index in [1.54, 1.807) is 29.7 Å². The van der Waals surface area contributed by atoms with Gasteiger partial charge in [0.1, 0.15) is 17.3 Å². The summed E-state index contributed by atoms with van der Waals surface area (Å²) in [5.74, 6) is -2.39. The van der Waals surface area contributed by atoms with Crippen LogP contribution >= 0.6 is 11.3 Å². The summed E-state index contributed by atoms with van der Waals surface area (Å²) in [7, 11) is 0. The number of anilines is 2. The molecule has 1 aromatic heterocycles. The van der Waals surface area contributed by atoms with Crippen LogP contribution in [0.15, 0.2) is 48.7 Å². The van der Waals surface area contributed by atoms with Gasteiger partial charge in [0.25, 0.3) is 0 Å². The second-order valence-electron chi connectivity index (χ2n) is 7.70. The number of thiazole rings is 1. The zero-order valence-electron chi connectivity index (χ0n) is 17.0. The topological polar surface area (TPSA) is 91.3 Å². The number of benzene rings is 2. The predicted octanol–water partition coefficient (Wildman–Crippen LogP) is 6.09. The van der Waals surface area contributed by atoms with E-state index in [1.165, 1.54) is 6.07 Å². The van der Waals surface area contributed by atoms with Crippen molar-refractivity contribution in [2.45, 2.75) is 31.6 Å². The maximum atomic E-state index is 13.7. The van der Waals surface area contributed by atoms with Crippen LogP contribution in [0.1, 0.15) is 36.6 Å². The first-order valence-electron chi connectivity index (χ1n) is 10.2. The summed E-state index contributed by atoms with van der Waals surface area (Å²) in [6.07, 6.45) is 4.80. The summed E-state index contributed by atoms with van der Waals surface area (Å²) >= 11 is 1.59. The first kappa shape index (κ1) is 21.9. The van der Waals surface area contributed by atoms with Gasteiger partial charge in [-0.15, -0.1) is 11.3 Å². The van der Waals surface area contributed by atoms with E-state index in [9.17, 15) is 18.4 Å². The number of aliphatic carboxylic acids is 1. The Hall–Kier alpha value is -3.33. The number of aromatic nitrogens is 1. The molecule has 1 heterocycles. The van der Waals surface area contributed by atoms with Crippen molar-refractivity contribution in [2.75, 3.05) is 10.6 Å². The van der Waals surface area contributed by atoms with Gasteiger partial charge in [-0.3, -0.25) is 4.79 Å². The Balaban J connectivity index is 1.37. The molecule has 6 nitrogen and oxygen atoms in total.